The minimum atomic E-state index is -0.00925. The monoisotopic (exact) mass is 366 g/mol. The molecule has 1 aliphatic heterocycles. The van der Waals surface area contributed by atoms with Crippen LogP contribution in [0, 0.1) is 5.92 Å². The second-order valence-corrected chi connectivity index (χ2v) is 7.69. The van der Waals surface area contributed by atoms with Gasteiger partial charge in [-0.05, 0) is 42.7 Å². The summed E-state index contributed by atoms with van der Waals surface area (Å²) < 4.78 is 1.95. The standard InChI is InChI=1S/C21H26N4O2/c1-14(26)22-12-15-9-10-25-20(11-15)18(13-23-25)21(27)24(2)19-8-7-16-5-3-4-6-17(16)19/h3-6,13,15,19H,7-12H2,1-2H3,(H,22,26)/t15-,19+/m0/s1. The number of aryl methyl sites for hydroxylation is 2. The van der Waals surface area contributed by atoms with Crippen LogP contribution < -0.4 is 5.32 Å². The van der Waals surface area contributed by atoms with Gasteiger partial charge in [-0.15, -0.1) is 0 Å². The van der Waals surface area contributed by atoms with E-state index in [1.807, 2.05) is 22.7 Å². The summed E-state index contributed by atoms with van der Waals surface area (Å²) in [6.07, 6.45) is 5.44. The topological polar surface area (TPSA) is 67.2 Å². The fraction of sp³-hybridized carbons (Fsp3) is 0.476. The Morgan fingerprint density at radius 3 is 2.93 bits per heavy atom. The van der Waals surface area contributed by atoms with Gasteiger partial charge >= 0.3 is 0 Å². The summed E-state index contributed by atoms with van der Waals surface area (Å²) in [6.45, 7) is 2.99. The number of amides is 2. The lowest BCUT2D eigenvalue weighted by Crippen LogP contribution is -2.34. The first-order valence-corrected chi connectivity index (χ1v) is 9.68. The van der Waals surface area contributed by atoms with Crippen LogP contribution in [-0.2, 0) is 24.2 Å². The number of hydrogen-bond acceptors (Lipinski definition) is 3. The van der Waals surface area contributed by atoms with E-state index >= 15 is 0 Å². The van der Waals surface area contributed by atoms with E-state index in [2.05, 4.69) is 28.6 Å². The first-order chi connectivity index (χ1) is 13.0. The molecule has 2 aromatic rings. The molecule has 27 heavy (non-hydrogen) atoms. The van der Waals surface area contributed by atoms with Gasteiger partial charge in [-0.3, -0.25) is 14.3 Å². The third-order valence-electron chi connectivity index (χ3n) is 5.94. The van der Waals surface area contributed by atoms with Crippen LogP contribution >= 0.6 is 0 Å². The highest BCUT2D eigenvalue weighted by molar-refractivity contribution is 5.95. The van der Waals surface area contributed by atoms with Crippen molar-refractivity contribution in [2.75, 3.05) is 13.6 Å². The summed E-state index contributed by atoms with van der Waals surface area (Å²) in [5.41, 5.74) is 4.31. The molecule has 0 radical (unpaired) electrons. The summed E-state index contributed by atoms with van der Waals surface area (Å²) in [4.78, 5) is 26.3. The second kappa shape index (κ2) is 7.18. The van der Waals surface area contributed by atoms with Gasteiger partial charge in [0.15, 0.2) is 0 Å². The van der Waals surface area contributed by atoms with Gasteiger partial charge in [-0.1, -0.05) is 24.3 Å². The number of aromatic nitrogens is 2. The molecule has 1 aliphatic carbocycles. The second-order valence-electron chi connectivity index (χ2n) is 7.69. The van der Waals surface area contributed by atoms with Crippen LogP contribution in [0.3, 0.4) is 0 Å². The smallest absolute Gasteiger partial charge is 0.257 e. The SMILES string of the molecule is CC(=O)NC[C@H]1CCn2ncc(C(=O)N(C)[C@@H]3CCc4ccccc43)c2C1. The van der Waals surface area contributed by atoms with Crippen molar-refractivity contribution in [1.29, 1.82) is 0 Å². The Bertz CT molecular complexity index is 873. The highest BCUT2D eigenvalue weighted by Gasteiger charge is 2.32. The summed E-state index contributed by atoms with van der Waals surface area (Å²) in [6, 6.07) is 8.52. The van der Waals surface area contributed by atoms with Crippen LogP contribution in [0.2, 0.25) is 0 Å². The molecule has 4 rings (SSSR count). The minimum Gasteiger partial charge on any atom is -0.356 e. The molecule has 6 heteroatoms. The molecule has 2 amide bonds. The number of nitrogens with zero attached hydrogens (tertiary/aromatic N) is 3. The summed E-state index contributed by atoms with van der Waals surface area (Å²) >= 11 is 0. The fourth-order valence-corrected chi connectivity index (χ4v) is 4.41. The van der Waals surface area contributed by atoms with E-state index in [-0.39, 0.29) is 17.9 Å². The highest BCUT2D eigenvalue weighted by Crippen LogP contribution is 2.36. The molecule has 1 aromatic heterocycles. The van der Waals surface area contributed by atoms with Crippen molar-refractivity contribution in [2.24, 2.45) is 5.92 Å². The van der Waals surface area contributed by atoms with Crippen molar-refractivity contribution >= 4 is 11.8 Å². The summed E-state index contributed by atoms with van der Waals surface area (Å²) in [7, 11) is 1.90. The van der Waals surface area contributed by atoms with Crippen molar-refractivity contribution in [3.8, 4) is 0 Å². The molecule has 0 spiro atoms. The lowest BCUT2D eigenvalue weighted by molar-refractivity contribution is -0.119. The highest BCUT2D eigenvalue weighted by atomic mass is 16.2. The summed E-state index contributed by atoms with van der Waals surface area (Å²) in [5.74, 6) is 0.380. The average molecular weight is 366 g/mol. The Hall–Kier alpha value is -2.63. The van der Waals surface area contributed by atoms with Crippen molar-refractivity contribution in [3.63, 3.8) is 0 Å². The van der Waals surface area contributed by atoms with Crippen LogP contribution in [-0.4, -0.2) is 40.1 Å². The number of fused-ring (bicyclic) bond motifs is 2. The predicted octanol–water partition coefficient (Wildman–Crippen LogP) is 2.34. The quantitative estimate of drug-likeness (QED) is 0.903. The van der Waals surface area contributed by atoms with E-state index in [4.69, 9.17) is 0 Å². The Balaban J connectivity index is 1.52. The first-order valence-electron chi connectivity index (χ1n) is 9.68. The molecular weight excluding hydrogens is 340 g/mol. The van der Waals surface area contributed by atoms with Gasteiger partial charge < -0.3 is 10.2 Å². The van der Waals surface area contributed by atoms with Crippen LogP contribution in [0.15, 0.2) is 30.5 Å². The molecular formula is C21H26N4O2. The van der Waals surface area contributed by atoms with Gasteiger partial charge in [0.05, 0.1) is 23.5 Å². The molecule has 1 N–H and O–H groups in total. The largest absolute Gasteiger partial charge is 0.356 e. The van der Waals surface area contributed by atoms with E-state index in [1.165, 1.54) is 18.1 Å². The lowest BCUT2D eigenvalue weighted by Gasteiger charge is -2.27. The van der Waals surface area contributed by atoms with Gasteiger partial charge in [-0.25, -0.2) is 0 Å². The maximum Gasteiger partial charge on any atom is 0.257 e. The van der Waals surface area contributed by atoms with E-state index < -0.39 is 0 Å². The molecule has 6 nitrogen and oxygen atoms in total. The number of carbonyl (C=O) groups is 2. The number of benzene rings is 1. The molecule has 0 saturated carbocycles. The first kappa shape index (κ1) is 17.8. The van der Waals surface area contributed by atoms with Crippen molar-refractivity contribution in [1.82, 2.24) is 20.0 Å². The van der Waals surface area contributed by atoms with Crippen LogP contribution in [0.1, 0.15) is 53.0 Å². The minimum absolute atomic E-state index is 0.00925. The van der Waals surface area contributed by atoms with Gasteiger partial charge in [0, 0.05) is 27.1 Å². The maximum absolute atomic E-state index is 13.3. The average Bonchev–Trinajstić information content (AvgIpc) is 3.29. The Morgan fingerprint density at radius 1 is 1.30 bits per heavy atom. The van der Waals surface area contributed by atoms with E-state index in [0.29, 0.717) is 18.0 Å². The Morgan fingerprint density at radius 2 is 2.11 bits per heavy atom. The third-order valence-corrected chi connectivity index (χ3v) is 5.94. The van der Waals surface area contributed by atoms with Crippen LogP contribution in [0.5, 0.6) is 0 Å². The molecule has 0 bridgehead atoms. The van der Waals surface area contributed by atoms with E-state index in [9.17, 15) is 9.59 Å². The van der Waals surface area contributed by atoms with Crippen molar-refractivity contribution in [2.45, 2.75) is 45.2 Å². The van der Waals surface area contributed by atoms with Gasteiger partial charge in [0.2, 0.25) is 5.91 Å². The fourth-order valence-electron chi connectivity index (χ4n) is 4.41. The van der Waals surface area contributed by atoms with Gasteiger partial charge in [0.25, 0.3) is 5.91 Å². The Kier molecular flexibility index (Phi) is 4.72. The van der Waals surface area contributed by atoms with Crippen LogP contribution in [0.4, 0.5) is 0 Å². The molecule has 0 saturated heterocycles. The zero-order chi connectivity index (χ0) is 19.0. The number of nitrogens with one attached hydrogen (secondary N) is 1. The number of hydrogen-bond donors (Lipinski definition) is 1. The molecule has 0 unspecified atom stereocenters. The normalized spacial score (nSPS) is 20.7. The molecule has 1 aromatic carbocycles. The van der Waals surface area contributed by atoms with Gasteiger partial charge in [0.1, 0.15) is 0 Å². The molecule has 2 atom stereocenters. The molecule has 2 heterocycles. The third kappa shape index (κ3) is 3.36. The summed E-state index contributed by atoms with van der Waals surface area (Å²) in [5, 5.41) is 7.34. The van der Waals surface area contributed by atoms with Crippen molar-refractivity contribution < 1.29 is 9.59 Å². The van der Waals surface area contributed by atoms with Gasteiger partial charge in [-0.2, -0.15) is 5.10 Å². The lowest BCUT2D eigenvalue weighted by atomic mass is 9.94. The zero-order valence-corrected chi connectivity index (χ0v) is 15.9. The molecule has 2 aliphatic rings. The number of carbonyl (C=O) groups excluding carboxylic acids is 2. The predicted molar refractivity (Wildman–Crippen MR) is 102 cm³/mol. The molecule has 0 fully saturated rings. The maximum atomic E-state index is 13.3. The van der Waals surface area contributed by atoms with E-state index in [1.54, 1.807) is 6.20 Å². The Labute approximate surface area is 159 Å². The van der Waals surface area contributed by atoms with Crippen LogP contribution in [0.25, 0.3) is 0 Å². The molecule has 142 valence electrons. The van der Waals surface area contributed by atoms with E-state index in [0.717, 1.165) is 37.9 Å². The zero-order valence-electron chi connectivity index (χ0n) is 15.9. The van der Waals surface area contributed by atoms with Crippen molar-refractivity contribution in [3.05, 3.63) is 52.8 Å². The number of rotatable bonds is 4.